The Morgan fingerprint density at radius 3 is 3.11 bits per heavy atom. The van der Waals surface area contributed by atoms with Gasteiger partial charge in [-0.05, 0) is 26.3 Å². The van der Waals surface area contributed by atoms with Crippen molar-refractivity contribution in [2.24, 2.45) is 0 Å². The Hall–Kier alpha value is -0.490. The summed E-state index contributed by atoms with van der Waals surface area (Å²) in [5.41, 5.74) is 1.19. The number of hydrogen-bond acceptors (Lipinski definition) is 5. The Balaban J connectivity index is 1.67. The number of thiazole rings is 1. The summed E-state index contributed by atoms with van der Waals surface area (Å²) in [5.74, 6) is 0. The first-order chi connectivity index (χ1) is 8.78. The molecule has 4 nitrogen and oxygen atoms in total. The second kappa shape index (κ2) is 7.19. The molecule has 18 heavy (non-hydrogen) atoms. The molecule has 0 amide bonds. The van der Waals surface area contributed by atoms with Crippen molar-refractivity contribution in [1.82, 2.24) is 15.2 Å². The van der Waals surface area contributed by atoms with Gasteiger partial charge in [0.2, 0.25) is 0 Å². The lowest BCUT2D eigenvalue weighted by molar-refractivity contribution is 0.178. The van der Waals surface area contributed by atoms with Gasteiger partial charge in [0.25, 0.3) is 0 Å². The Kier molecular flexibility index (Phi) is 5.56. The molecule has 1 fully saturated rings. The van der Waals surface area contributed by atoms with Crippen LogP contribution >= 0.6 is 11.3 Å². The average Bonchev–Trinajstić information content (AvgIpc) is 3.08. The molecule has 1 aliphatic carbocycles. The monoisotopic (exact) mass is 269 g/mol. The Morgan fingerprint density at radius 2 is 2.39 bits per heavy atom. The van der Waals surface area contributed by atoms with Crippen LogP contribution in [0.4, 0.5) is 0 Å². The molecule has 1 aromatic heterocycles. The van der Waals surface area contributed by atoms with Crippen LogP contribution < -0.4 is 5.32 Å². The molecule has 0 saturated heterocycles. The zero-order valence-electron chi connectivity index (χ0n) is 11.3. The summed E-state index contributed by atoms with van der Waals surface area (Å²) in [4.78, 5) is 6.96. The summed E-state index contributed by atoms with van der Waals surface area (Å²) in [6, 6.07) is 0.758. The van der Waals surface area contributed by atoms with Crippen LogP contribution in [0.15, 0.2) is 5.38 Å². The molecule has 102 valence electrons. The first kappa shape index (κ1) is 13.9. The van der Waals surface area contributed by atoms with Crippen LogP contribution in [0.25, 0.3) is 0 Å². The summed E-state index contributed by atoms with van der Waals surface area (Å²) in [7, 11) is 3.89. The summed E-state index contributed by atoms with van der Waals surface area (Å²) in [6.07, 6.45) is 3.74. The number of nitrogens with zero attached hydrogens (tertiary/aromatic N) is 2. The summed E-state index contributed by atoms with van der Waals surface area (Å²) in [6.45, 7) is 3.76. The van der Waals surface area contributed by atoms with Crippen LogP contribution in [0, 0.1) is 0 Å². The maximum atomic E-state index is 5.06. The van der Waals surface area contributed by atoms with Crippen molar-refractivity contribution in [3.63, 3.8) is 0 Å². The molecule has 0 bridgehead atoms. The molecule has 1 N–H and O–H groups in total. The van der Waals surface area contributed by atoms with Gasteiger partial charge in [-0.15, -0.1) is 11.3 Å². The van der Waals surface area contributed by atoms with E-state index in [0.717, 1.165) is 38.7 Å². The van der Waals surface area contributed by atoms with Gasteiger partial charge < -0.3 is 15.0 Å². The van der Waals surface area contributed by atoms with Crippen molar-refractivity contribution in [3.8, 4) is 0 Å². The second-order valence-corrected chi connectivity index (χ2v) is 5.91. The highest BCUT2D eigenvalue weighted by atomic mass is 32.1. The van der Waals surface area contributed by atoms with E-state index in [1.807, 2.05) is 0 Å². The predicted octanol–water partition coefficient (Wildman–Crippen LogP) is 1.86. The minimum Gasteiger partial charge on any atom is -0.385 e. The van der Waals surface area contributed by atoms with Crippen LogP contribution in [-0.2, 0) is 17.8 Å². The third-order valence-corrected chi connectivity index (χ3v) is 3.94. The molecule has 1 aromatic rings. The van der Waals surface area contributed by atoms with Crippen molar-refractivity contribution in [1.29, 1.82) is 0 Å². The van der Waals surface area contributed by atoms with E-state index in [9.17, 15) is 0 Å². The number of methoxy groups -OCH3 is 1. The predicted molar refractivity (Wildman–Crippen MR) is 74.8 cm³/mol. The highest BCUT2D eigenvalue weighted by molar-refractivity contribution is 7.09. The van der Waals surface area contributed by atoms with Crippen LogP contribution in [0.1, 0.15) is 30.0 Å². The minimum atomic E-state index is 0.758. The fourth-order valence-electron chi connectivity index (χ4n) is 1.86. The van der Waals surface area contributed by atoms with Crippen LogP contribution in [0.2, 0.25) is 0 Å². The zero-order chi connectivity index (χ0) is 12.8. The van der Waals surface area contributed by atoms with E-state index in [2.05, 4.69) is 27.6 Å². The molecule has 0 radical (unpaired) electrons. The van der Waals surface area contributed by atoms with E-state index in [1.165, 1.54) is 23.5 Å². The van der Waals surface area contributed by atoms with Gasteiger partial charge in [-0.2, -0.15) is 0 Å². The fourth-order valence-corrected chi connectivity index (χ4v) is 2.59. The number of aromatic nitrogens is 1. The number of nitrogens with one attached hydrogen (secondary N) is 1. The van der Waals surface area contributed by atoms with E-state index in [1.54, 1.807) is 18.4 Å². The molecule has 2 rings (SSSR count). The highest BCUT2D eigenvalue weighted by Crippen LogP contribution is 2.20. The molecule has 0 atom stereocenters. The van der Waals surface area contributed by atoms with Crippen molar-refractivity contribution >= 4 is 11.3 Å². The van der Waals surface area contributed by atoms with Gasteiger partial charge in [0, 0.05) is 44.8 Å². The maximum absolute atomic E-state index is 5.06. The lowest BCUT2D eigenvalue weighted by Gasteiger charge is -2.14. The molecule has 0 spiro atoms. The number of hydrogen-bond donors (Lipinski definition) is 1. The second-order valence-electron chi connectivity index (χ2n) is 4.97. The lowest BCUT2D eigenvalue weighted by Crippen LogP contribution is -2.20. The SMILES string of the molecule is COCCCN(C)Cc1csc(CNC2CC2)n1. The Morgan fingerprint density at radius 1 is 1.56 bits per heavy atom. The van der Waals surface area contributed by atoms with Gasteiger partial charge in [0.15, 0.2) is 0 Å². The molecular formula is C13H23N3OS. The van der Waals surface area contributed by atoms with Gasteiger partial charge in [0.1, 0.15) is 5.01 Å². The third kappa shape index (κ3) is 5.02. The van der Waals surface area contributed by atoms with Crippen LogP contribution in [-0.4, -0.2) is 43.2 Å². The number of rotatable bonds is 9. The van der Waals surface area contributed by atoms with E-state index in [-0.39, 0.29) is 0 Å². The molecule has 0 unspecified atom stereocenters. The highest BCUT2D eigenvalue weighted by Gasteiger charge is 2.20. The maximum Gasteiger partial charge on any atom is 0.107 e. The first-order valence-electron chi connectivity index (χ1n) is 6.62. The third-order valence-electron chi connectivity index (χ3n) is 3.04. The minimum absolute atomic E-state index is 0.758. The van der Waals surface area contributed by atoms with Crippen molar-refractivity contribution in [2.45, 2.75) is 38.4 Å². The van der Waals surface area contributed by atoms with Gasteiger partial charge in [-0.3, -0.25) is 0 Å². The molecule has 0 aliphatic heterocycles. The van der Waals surface area contributed by atoms with E-state index < -0.39 is 0 Å². The zero-order valence-corrected chi connectivity index (χ0v) is 12.1. The first-order valence-corrected chi connectivity index (χ1v) is 7.50. The fraction of sp³-hybridized carbons (Fsp3) is 0.769. The molecule has 0 aromatic carbocycles. The van der Waals surface area contributed by atoms with Crippen molar-refractivity contribution in [3.05, 3.63) is 16.1 Å². The van der Waals surface area contributed by atoms with Gasteiger partial charge in [-0.1, -0.05) is 0 Å². The molecular weight excluding hydrogens is 246 g/mol. The summed E-state index contributed by atoms with van der Waals surface area (Å²) >= 11 is 1.76. The van der Waals surface area contributed by atoms with Crippen molar-refractivity contribution in [2.75, 3.05) is 27.3 Å². The normalized spacial score (nSPS) is 15.5. The molecule has 5 heteroatoms. The molecule has 1 saturated carbocycles. The lowest BCUT2D eigenvalue weighted by atomic mass is 10.4. The molecule has 1 aliphatic rings. The van der Waals surface area contributed by atoms with E-state index in [0.29, 0.717) is 0 Å². The van der Waals surface area contributed by atoms with Gasteiger partial charge in [0.05, 0.1) is 5.69 Å². The Bertz CT molecular complexity index is 352. The van der Waals surface area contributed by atoms with Crippen LogP contribution in [0.5, 0.6) is 0 Å². The average molecular weight is 269 g/mol. The topological polar surface area (TPSA) is 37.4 Å². The summed E-state index contributed by atoms with van der Waals surface area (Å²) < 4.78 is 5.06. The molecule has 1 heterocycles. The smallest absolute Gasteiger partial charge is 0.107 e. The van der Waals surface area contributed by atoms with Crippen molar-refractivity contribution < 1.29 is 4.74 Å². The quantitative estimate of drug-likeness (QED) is 0.694. The van der Waals surface area contributed by atoms with Gasteiger partial charge in [-0.25, -0.2) is 4.98 Å². The van der Waals surface area contributed by atoms with E-state index >= 15 is 0 Å². The number of ether oxygens (including phenoxy) is 1. The van der Waals surface area contributed by atoms with Crippen LogP contribution in [0.3, 0.4) is 0 Å². The van der Waals surface area contributed by atoms with E-state index in [4.69, 9.17) is 4.74 Å². The van der Waals surface area contributed by atoms with Gasteiger partial charge >= 0.3 is 0 Å². The Labute approximate surface area is 113 Å². The largest absolute Gasteiger partial charge is 0.385 e. The standard InChI is InChI=1S/C13H23N3OS/c1-16(6-3-7-17-2)9-12-10-18-13(15-12)8-14-11-4-5-11/h10-11,14H,3-9H2,1-2H3. The summed E-state index contributed by atoms with van der Waals surface area (Å²) in [5, 5.41) is 6.89.